The molecule has 10 heteroatoms. The zero-order chi connectivity index (χ0) is 15.0. The molecule has 114 valence electrons. The predicted molar refractivity (Wildman–Crippen MR) is 77.4 cm³/mol. The minimum absolute atomic E-state index is 0.162. The quantitative estimate of drug-likeness (QED) is 0.795. The fraction of sp³-hybridized carbons (Fsp3) is 0.600. The van der Waals surface area contributed by atoms with Crippen LogP contribution in [-0.2, 0) is 26.6 Å². The third-order valence-electron chi connectivity index (χ3n) is 3.17. The molecule has 0 aliphatic carbocycles. The molecule has 1 aromatic rings. The van der Waals surface area contributed by atoms with E-state index in [0.717, 1.165) is 6.26 Å². The smallest absolute Gasteiger partial charge is 0.244 e. The number of nitrogens with zero attached hydrogens (tertiary/aromatic N) is 2. The summed E-state index contributed by atoms with van der Waals surface area (Å²) in [5.74, 6) is 0. The van der Waals surface area contributed by atoms with Gasteiger partial charge in [0.05, 0.1) is 11.2 Å². The van der Waals surface area contributed by atoms with Gasteiger partial charge < -0.3 is 5.73 Å². The first-order chi connectivity index (χ1) is 9.26. The number of nitrogens with two attached hydrogens (primary N) is 1. The second-order valence-corrected chi connectivity index (χ2v) is 9.37. The van der Waals surface area contributed by atoms with E-state index in [4.69, 9.17) is 5.73 Å². The molecule has 0 radical (unpaired) electrons. The minimum atomic E-state index is -3.59. The topological polar surface area (TPSA) is 101 Å². The lowest BCUT2D eigenvalue weighted by Gasteiger charge is -2.32. The summed E-state index contributed by atoms with van der Waals surface area (Å²) < 4.78 is 50.4. The van der Waals surface area contributed by atoms with Crippen LogP contribution in [-0.4, -0.2) is 57.9 Å². The Morgan fingerprint density at radius 3 is 2.20 bits per heavy atom. The van der Waals surface area contributed by atoms with Crippen LogP contribution in [0.4, 0.5) is 0 Å². The molecular weight excluding hydrogens is 322 g/mol. The van der Waals surface area contributed by atoms with Gasteiger partial charge in [0.2, 0.25) is 20.0 Å². The third kappa shape index (κ3) is 3.05. The molecule has 2 rings (SSSR count). The van der Waals surface area contributed by atoms with Gasteiger partial charge in [-0.3, -0.25) is 0 Å². The standard InChI is InChI=1S/C10H17N3O4S3/c1-19(14,15)12-3-5-13(6-4-12)20(16,17)10-2-7-18-9(10)8-11/h2,7H,3-6,8,11H2,1H3. The Morgan fingerprint density at radius 2 is 1.70 bits per heavy atom. The number of rotatable bonds is 4. The Bertz CT molecular complexity index is 672. The summed E-state index contributed by atoms with van der Waals surface area (Å²) >= 11 is 1.31. The summed E-state index contributed by atoms with van der Waals surface area (Å²) in [6.45, 7) is 0.861. The van der Waals surface area contributed by atoms with Crippen LogP contribution in [0.25, 0.3) is 0 Å². The van der Waals surface area contributed by atoms with Crippen LogP contribution < -0.4 is 5.73 Å². The van der Waals surface area contributed by atoms with E-state index in [9.17, 15) is 16.8 Å². The van der Waals surface area contributed by atoms with Crippen molar-refractivity contribution in [2.75, 3.05) is 32.4 Å². The molecule has 2 N–H and O–H groups in total. The van der Waals surface area contributed by atoms with Crippen molar-refractivity contribution in [2.45, 2.75) is 11.4 Å². The molecule has 0 atom stereocenters. The van der Waals surface area contributed by atoms with Crippen LogP contribution in [0.1, 0.15) is 4.88 Å². The maximum absolute atomic E-state index is 12.5. The van der Waals surface area contributed by atoms with Gasteiger partial charge in [0, 0.05) is 37.6 Å². The van der Waals surface area contributed by atoms with E-state index in [-0.39, 0.29) is 37.6 Å². The molecule has 0 aromatic carbocycles. The Labute approximate surface area is 123 Å². The van der Waals surface area contributed by atoms with Crippen LogP contribution in [0.2, 0.25) is 0 Å². The van der Waals surface area contributed by atoms with Gasteiger partial charge in [-0.05, 0) is 11.4 Å². The molecule has 1 saturated heterocycles. The van der Waals surface area contributed by atoms with Crippen LogP contribution in [0, 0.1) is 0 Å². The second-order valence-electron chi connectivity index (χ2n) is 4.48. The number of piperazine rings is 1. The molecule has 1 aliphatic rings. The molecule has 0 spiro atoms. The SMILES string of the molecule is CS(=O)(=O)N1CCN(S(=O)(=O)c2ccsc2CN)CC1. The summed E-state index contributed by atoms with van der Waals surface area (Å²) in [6.07, 6.45) is 1.13. The van der Waals surface area contributed by atoms with Crippen molar-refractivity contribution in [1.29, 1.82) is 0 Å². The van der Waals surface area contributed by atoms with Crippen LogP contribution >= 0.6 is 11.3 Å². The zero-order valence-corrected chi connectivity index (χ0v) is 13.5. The van der Waals surface area contributed by atoms with E-state index in [1.54, 1.807) is 11.4 Å². The third-order valence-corrected chi connectivity index (χ3v) is 7.53. The second kappa shape index (κ2) is 5.70. The van der Waals surface area contributed by atoms with Crippen molar-refractivity contribution in [3.05, 3.63) is 16.3 Å². The van der Waals surface area contributed by atoms with E-state index in [2.05, 4.69) is 0 Å². The average molecular weight is 339 g/mol. The fourth-order valence-corrected chi connectivity index (χ4v) is 5.64. The normalized spacial score (nSPS) is 19.3. The van der Waals surface area contributed by atoms with Crippen molar-refractivity contribution < 1.29 is 16.8 Å². The van der Waals surface area contributed by atoms with Crippen molar-refractivity contribution in [2.24, 2.45) is 5.73 Å². The molecule has 7 nitrogen and oxygen atoms in total. The summed E-state index contributed by atoms with van der Waals surface area (Å²) in [5, 5.41) is 1.70. The molecule has 1 aliphatic heterocycles. The highest BCUT2D eigenvalue weighted by atomic mass is 32.2. The largest absolute Gasteiger partial charge is 0.326 e. The van der Waals surface area contributed by atoms with Gasteiger partial charge in [-0.25, -0.2) is 16.8 Å². The Morgan fingerprint density at radius 1 is 1.15 bits per heavy atom. The molecule has 20 heavy (non-hydrogen) atoms. The van der Waals surface area contributed by atoms with E-state index < -0.39 is 20.0 Å². The Balaban J connectivity index is 2.18. The lowest BCUT2D eigenvalue weighted by molar-refractivity contribution is 0.274. The van der Waals surface area contributed by atoms with Gasteiger partial charge in [-0.1, -0.05) is 0 Å². The minimum Gasteiger partial charge on any atom is -0.326 e. The van der Waals surface area contributed by atoms with Gasteiger partial charge in [-0.2, -0.15) is 8.61 Å². The molecule has 1 aromatic heterocycles. The lowest BCUT2D eigenvalue weighted by atomic mass is 10.4. The summed E-state index contributed by atoms with van der Waals surface area (Å²) in [5.41, 5.74) is 5.54. The maximum Gasteiger partial charge on any atom is 0.244 e. The monoisotopic (exact) mass is 339 g/mol. The molecule has 0 bridgehead atoms. The van der Waals surface area contributed by atoms with E-state index >= 15 is 0 Å². The molecule has 0 saturated carbocycles. The molecule has 2 heterocycles. The van der Waals surface area contributed by atoms with Crippen LogP contribution in [0.5, 0.6) is 0 Å². The van der Waals surface area contributed by atoms with Gasteiger partial charge >= 0.3 is 0 Å². The maximum atomic E-state index is 12.5. The van der Waals surface area contributed by atoms with Crippen molar-refractivity contribution >= 4 is 31.4 Å². The molecule has 0 unspecified atom stereocenters. The van der Waals surface area contributed by atoms with Gasteiger partial charge in [0.1, 0.15) is 0 Å². The number of hydrogen-bond acceptors (Lipinski definition) is 6. The van der Waals surface area contributed by atoms with E-state index in [1.807, 2.05) is 0 Å². The summed E-state index contributed by atoms with van der Waals surface area (Å²) in [7, 11) is -6.86. The first-order valence-electron chi connectivity index (χ1n) is 5.98. The van der Waals surface area contributed by atoms with E-state index in [0.29, 0.717) is 4.88 Å². The number of sulfonamides is 2. The van der Waals surface area contributed by atoms with Crippen molar-refractivity contribution in [1.82, 2.24) is 8.61 Å². The predicted octanol–water partition coefficient (Wildman–Crippen LogP) is -0.527. The number of hydrogen-bond donors (Lipinski definition) is 1. The highest BCUT2D eigenvalue weighted by Gasteiger charge is 2.32. The summed E-state index contributed by atoms with van der Waals surface area (Å²) in [4.78, 5) is 0.855. The first-order valence-corrected chi connectivity index (χ1v) is 10.2. The van der Waals surface area contributed by atoms with Crippen LogP contribution in [0.15, 0.2) is 16.3 Å². The molecule has 1 fully saturated rings. The van der Waals surface area contributed by atoms with Gasteiger partial charge in [-0.15, -0.1) is 11.3 Å². The fourth-order valence-electron chi connectivity index (χ4n) is 2.09. The van der Waals surface area contributed by atoms with E-state index in [1.165, 1.54) is 19.9 Å². The average Bonchev–Trinajstić information content (AvgIpc) is 2.87. The Kier molecular flexibility index (Phi) is 4.52. The van der Waals surface area contributed by atoms with Crippen molar-refractivity contribution in [3.63, 3.8) is 0 Å². The first kappa shape index (κ1) is 15.9. The highest BCUT2D eigenvalue weighted by molar-refractivity contribution is 7.89. The van der Waals surface area contributed by atoms with Crippen LogP contribution in [0.3, 0.4) is 0 Å². The lowest BCUT2D eigenvalue weighted by Crippen LogP contribution is -2.50. The summed E-state index contributed by atoms with van der Waals surface area (Å²) in [6, 6.07) is 1.55. The van der Waals surface area contributed by atoms with Gasteiger partial charge in [0.15, 0.2) is 0 Å². The molecular formula is C10H17N3O4S3. The zero-order valence-electron chi connectivity index (χ0n) is 11.0. The van der Waals surface area contributed by atoms with Gasteiger partial charge in [0.25, 0.3) is 0 Å². The molecule has 0 amide bonds. The Hall–Kier alpha value is -0.520. The number of thiophene rings is 1. The van der Waals surface area contributed by atoms with Crippen molar-refractivity contribution in [3.8, 4) is 0 Å². The highest BCUT2D eigenvalue weighted by Crippen LogP contribution is 2.25.